The van der Waals surface area contributed by atoms with Crippen LogP contribution in [-0.2, 0) is 12.8 Å². The Hall–Kier alpha value is -2.31. The van der Waals surface area contributed by atoms with E-state index in [1.54, 1.807) is 35.6 Å². The van der Waals surface area contributed by atoms with Crippen LogP contribution in [0.5, 0.6) is 11.5 Å². The fourth-order valence-corrected chi connectivity index (χ4v) is 4.86. The normalized spacial score (nSPS) is 14.4. The Labute approximate surface area is 165 Å². The van der Waals surface area contributed by atoms with Crippen LogP contribution in [0, 0.1) is 0 Å². The molecule has 140 valence electrons. The van der Waals surface area contributed by atoms with E-state index >= 15 is 0 Å². The number of aromatic hydroxyl groups is 1. The van der Waals surface area contributed by atoms with Crippen molar-refractivity contribution in [1.29, 1.82) is 0 Å². The van der Waals surface area contributed by atoms with Gasteiger partial charge in [-0.05, 0) is 61.9 Å². The number of phenols is 1. The van der Waals surface area contributed by atoms with Gasteiger partial charge in [0.15, 0.2) is 17.3 Å². The number of aromatic amines is 1. The smallest absolute Gasteiger partial charge is 0.260 e. The summed E-state index contributed by atoms with van der Waals surface area (Å²) in [5.41, 5.74) is 1.76. The summed E-state index contributed by atoms with van der Waals surface area (Å²) in [6.07, 6.45) is 5.93. The predicted molar refractivity (Wildman–Crippen MR) is 110 cm³/mol. The van der Waals surface area contributed by atoms with Gasteiger partial charge in [-0.1, -0.05) is 17.7 Å². The summed E-state index contributed by atoms with van der Waals surface area (Å²) in [6.45, 7) is 2.29. The number of ether oxygens (including phenoxy) is 1. The molecule has 0 unspecified atom stereocenters. The molecule has 2 N–H and O–H groups in total. The summed E-state index contributed by atoms with van der Waals surface area (Å²) in [5.74, 6) is 0.805. The molecule has 0 saturated carbocycles. The zero-order valence-electron chi connectivity index (χ0n) is 14.8. The lowest BCUT2D eigenvalue weighted by molar-refractivity contribution is 0.318. The minimum atomic E-state index is -0.137. The number of nitrogens with one attached hydrogen (secondary N) is 1. The minimum absolute atomic E-state index is 0.0715. The van der Waals surface area contributed by atoms with Crippen LogP contribution in [0.4, 0.5) is 0 Å². The van der Waals surface area contributed by atoms with E-state index in [0.717, 1.165) is 41.6 Å². The van der Waals surface area contributed by atoms with E-state index in [4.69, 9.17) is 16.3 Å². The van der Waals surface area contributed by atoms with Crippen LogP contribution in [-0.4, -0.2) is 21.7 Å². The second-order valence-electron chi connectivity index (χ2n) is 6.46. The van der Waals surface area contributed by atoms with Crippen LogP contribution in [0.2, 0.25) is 0 Å². The molecule has 2 heterocycles. The summed E-state index contributed by atoms with van der Waals surface area (Å²) >= 11 is 8.03. The number of hydrogen-bond acceptors (Lipinski definition) is 5. The van der Waals surface area contributed by atoms with Crippen molar-refractivity contribution in [3.8, 4) is 11.5 Å². The predicted octanol–water partition coefficient (Wildman–Crippen LogP) is 4.70. The number of fused-ring (bicyclic) bond motifs is 3. The van der Waals surface area contributed by atoms with Crippen molar-refractivity contribution < 1.29 is 9.84 Å². The minimum Gasteiger partial charge on any atom is -0.504 e. The average molecular weight is 403 g/mol. The molecule has 0 spiro atoms. The molecule has 5 nitrogen and oxygen atoms in total. The third-order valence-electron chi connectivity index (χ3n) is 4.63. The SMILES string of the molecule is CCOc1cc(/C=C(\Cl)c2nc3sc4c(c3c(=O)[nH]2)CCCC4)ccc1O. The molecule has 27 heavy (non-hydrogen) atoms. The largest absolute Gasteiger partial charge is 0.504 e. The topological polar surface area (TPSA) is 75.2 Å². The number of rotatable bonds is 4. The van der Waals surface area contributed by atoms with Crippen molar-refractivity contribution >= 4 is 44.3 Å². The lowest BCUT2D eigenvalue weighted by Gasteiger charge is -2.09. The molecule has 0 bridgehead atoms. The van der Waals surface area contributed by atoms with Gasteiger partial charge in [-0.15, -0.1) is 11.3 Å². The van der Waals surface area contributed by atoms with Gasteiger partial charge in [0.1, 0.15) is 4.83 Å². The number of phenolic OH excluding ortho intramolecular Hbond substituents is 1. The number of hydrogen-bond donors (Lipinski definition) is 2. The molecular weight excluding hydrogens is 384 g/mol. The number of benzene rings is 1. The Balaban J connectivity index is 1.74. The molecule has 3 aromatic rings. The molecule has 0 atom stereocenters. The summed E-state index contributed by atoms with van der Waals surface area (Å²) in [4.78, 5) is 22.1. The molecule has 1 aliphatic carbocycles. The maximum absolute atomic E-state index is 12.6. The van der Waals surface area contributed by atoms with Gasteiger partial charge in [0.05, 0.1) is 17.0 Å². The van der Waals surface area contributed by atoms with Gasteiger partial charge in [0, 0.05) is 4.88 Å². The average Bonchev–Trinajstić information content (AvgIpc) is 3.03. The summed E-state index contributed by atoms with van der Waals surface area (Å²) in [5, 5.41) is 10.9. The van der Waals surface area contributed by atoms with Crippen molar-refractivity contribution in [2.24, 2.45) is 0 Å². The molecule has 0 amide bonds. The van der Waals surface area contributed by atoms with Crippen molar-refractivity contribution in [1.82, 2.24) is 9.97 Å². The van der Waals surface area contributed by atoms with Crippen molar-refractivity contribution in [2.75, 3.05) is 6.61 Å². The van der Waals surface area contributed by atoms with Crippen LogP contribution < -0.4 is 10.3 Å². The summed E-state index contributed by atoms with van der Waals surface area (Å²) in [7, 11) is 0. The monoisotopic (exact) mass is 402 g/mol. The summed E-state index contributed by atoms with van der Waals surface area (Å²) in [6, 6.07) is 4.97. The quantitative estimate of drug-likeness (QED) is 0.663. The van der Waals surface area contributed by atoms with E-state index in [1.807, 2.05) is 6.92 Å². The number of halogens is 1. The van der Waals surface area contributed by atoms with Gasteiger partial charge in [0.25, 0.3) is 5.56 Å². The van der Waals surface area contributed by atoms with Gasteiger partial charge in [-0.2, -0.15) is 0 Å². The van der Waals surface area contributed by atoms with Gasteiger partial charge in [-0.25, -0.2) is 4.98 Å². The molecule has 4 rings (SSSR count). The third-order valence-corrected chi connectivity index (χ3v) is 6.10. The first kappa shape index (κ1) is 18.1. The number of aromatic nitrogens is 2. The van der Waals surface area contributed by atoms with Gasteiger partial charge in [0.2, 0.25) is 0 Å². The molecular formula is C20H19ClN2O3S. The van der Waals surface area contributed by atoms with E-state index < -0.39 is 0 Å². The second kappa shape index (κ2) is 7.37. The van der Waals surface area contributed by atoms with E-state index in [1.165, 1.54) is 4.88 Å². The Morgan fingerprint density at radius 2 is 2.22 bits per heavy atom. The molecule has 7 heteroatoms. The third kappa shape index (κ3) is 3.47. The van der Waals surface area contributed by atoms with E-state index in [-0.39, 0.29) is 11.3 Å². The van der Waals surface area contributed by atoms with Crippen LogP contribution in [0.15, 0.2) is 23.0 Å². The number of H-pyrrole nitrogens is 1. The lowest BCUT2D eigenvalue weighted by atomic mass is 9.97. The van der Waals surface area contributed by atoms with E-state index in [2.05, 4.69) is 9.97 Å². The van der Waals surface area contributed by atoms with Crippen LogP contribution >= 0.6 is 22.9 Å². The first-order valence-electron chi connectivity index (χ1n) is 8.94. The Bertz CT molecular complexity index is 1100. The zero-order valence-corrected chi connectivity index (χ0v) is 16.4. The number of aryl methyl sites for hydroxylation is 2. The highest BCUT2D eigenvalue weighted by atomic mass is 35.5. The maximum Gasteiger partial charge on any atom is 0.260 e. The van der Waals surface area contributed by atoms with Crippen LogP contribution in [0.25, 0.3) is 21.3 Å². The van der Waals surface area contributed by atoms with Gasteiger partial charge >= 0.3 is 0 Å². The molecule has 0 saturated heterocycles. The second-order valence-corrected chi connectivity index (χ2v) is 7.95. The fraction of sp³-hybridized carbons (Fsp3) is 0.300. The first-order valence-corrected chi connectivity index (χ1v) is 10.1. The zero-order chi connectivity index (χ0) is 19.0. The highest BCUT2D eigenvalue weighted by Gasteiger charge is 2.20. The van der Waals surface area contributed by atoms with Crippen molar-refractivity contribution in [3.63, 3.8) is 0 Å². The Morgan fingerprint density at radius 3 is 3.04 bits per heavy atom. The van der Waals surface area contributed by atoms with Crippen LogP contribution in [0.3, 0.4) is 0 Å². The Morgan fingerprint density at radius 1 is 1.41 bits per heavy atom. The maximum atomic E-state index is 12.6. The standard InChI is InChI=1S/C20H19ClN2O3S/c1-2-26-15-10-11(7-8-14(15)24)9-13(21)18-22-19(25)17-12-5-3-4-6-16(12)27-20(17)23-18/h7-10,24H,2-6H2,1H3,(H,22,23,25)/b13-9-. The van der Waals surface area contributed by atoms with E-state index in [0.29, 0.717) is 28.6 Å². The number of nitrogens with zero attached hydrogens (tertiary/aromatic N) is 1. The fourth-order valence-electron chi connectivity index (χ4n) is 3.38. The lowest BCUT2D eigenvalue weighted by Crippen LogP contribution is -2.12. The summed E-state index contributed by atoms with van der Waals surface area (Å²) < 4.78 is 5.39. The highest BCUT2D eigenvalue weighted by Crippen LogP contribution is 2.34. The van der Waals surface area contributed by atoms with Crippen molar-refractivity contribution in [3.05, 3.63) is 50.4 Å². The molecule has 1 aromatic carbocycles. The number of thiophene rings is 1. The molecule has 2 aromatic heterocycles. The Kier molecular flexibility index (Phi) is 4.93. The molecule has 0 fully saturated rings. The highest BCUT2D eigenvalue weighted by molar-refractivity contribution is 7.18. The van der Waals surface area contributed by atoms with Gasteiger partial charge < -0.3 is 14.8 Å². The molecule has 1 aliphatic rings. The molecule has 0 radical (unpaired) electrons. The van der Waals surface area contributed by atoms with Crippen LogP contribution in [0.1, 0.15) is 41.6 Å². The first-order chi connectivity index (χ1) is 13.1. The van der Waals surface area contributed by atoms with Gasteiger partial charge in [-0.3, -0.25) is 4.79 Å². The molecule has 0 aliphatic heterocycles. The van der Waals surface area contributed by atoms with E-state index in [9.17, 15) is 9.90 Å². The van der Waals surface area contributed by atoms with Crippen molar-refractivity contribution in [2.45, 2.75) is 32.6 Å².